The molecule has 2 aromatic rings. The third-order valence-corrected chi connectivity index (χ3v) is 5.37. The number of rotatable bonds is 5. The van der Waals surface area contributed by atoms with Crippen molar-refractivity contribution in [3.05, 3.63) is 94.0 Å². The second-order valence-corrected chi connectivity index (χ2v) is 7.83. The van der Waals surface area contributed by atoms with E-state index in [0.29, 0.717) is 10.0 Å². The highest BCUT2D eigenvalue weighted by Gasteiger charge is 2.35. The van der Waals surface area contributed by atoms with E-state index in [4.69, 9.17) is 0 Å². The molecule has 0 bridgehead atoms. The van der Waals surface area contributed by atoms with Crippen LogP contribution in [-0.4, -0.2) is 16.9 Å². The summed E-state index contributed by atoms with van der Waals surface area (Å²) in [6, 6.07) is 13.6. The number of carbonyl (C=O) groups is 2. The number of Topliss-reactive ketones (excluding diaryl/α,β-unsaturated/α-hetero) is 1. The lowest BCUT2D eigenvalue weighted by Gasteiger charge is -2.21. The lowest BCUT2D eigenvalue weighted by Crippen LogP contribution is -2.17. The smallest absolute Gasteiger partial charge is 0.339 e. The topological polar surface area (TPSA) is 54.4 Å². The van der Waals surface area contributed by atoms with Gasteiger partial charge in [0.1, 0.15) is 5.57 Å². The van der Waals surface area contributed by atoms with Gasteiger partial charge in [0.25, 0.3) is 0 Å². The van der Waals surface area contributed by atoms with Crippen LogP contribution in [0.3, 0.4) is 0 Å². The molecule has 1 N–H and O–H groups in total. The van der Waals surface area contributed by atoms with Crippen molar-refractivity contribution in [3.8, 4) is 11.1 Å². The number of ketones is 1. The second kappa shape index (κ2) is 7.12. The summed E-state index contributed by atoms with van der Waals surface area (Å²) < 4.78 is 0.470. The van der Waals surface area contributed by atoms with E-state index >= 15 is 0 Å². The Morgan fingerprint density at radius 2 is 1.74 bits per heavy atom. The van der Waals surface area contributed by atoms with Crippen LogP contribution in [-0.2, 0) is 10.2 Å². The predicted octanol–water partition coefficient (Wildman–Crippen LogP) is 5.65. The number of carboxylic acid groups (broad SMARTS) is 1. The first kappa shape index (κ1) is 19.1. The highest BCUT2D eigenvalue weighted by Crippen LogP contribution is 2.48. The Balaban J connectivity index is 2.09. The van der Waals surface area contributed by atoms with E-state index < -0.39 is 11.8 Å². The van der Waals surface area contributed by atoms with Crippen molar-refractivity contribution in [2.45, 2.75) is 19.3 Å². The quantitative estimate of drug-likeness (QED) is 0.222. The van der Waals surface area contributed by atoms with Gasteiger partial charge in [0, 0.05) is 15.5 Å². The average Bonchev–Trinajstić information content (AvgIpc) is 2.87. The van der Waals surface area contributed by atoms with Gasteiger partial charge in [0.15, 0.2) is 5.78 Å². The number of fused-ring (bicyclic) bond motifs is 3. The molecule has 0 saturated carbocycles. The Morgan fingerprint density at radius 1 is 1.07 bits per heavy atom. The fourth-order valence-corrected chi connectivity index (χ4v) is 3.94. The lowest BCUT2D eigenvalue weighted by atomic mass is 9.81. The fourth-order valence-electron chi connectivity index (χ4n) is 3.52. The van der Waals surface area contributed by atoms with E-state index in [9.17, 15) is 14.7 Å². The van der Waals surface area contributed by atoms with Gasteiger partial charge in [-0.2, -0.15) is 0 Å². The number of carbonyl (C=O) groups excluding carboxylic acids is 1. The van der Waals surface area contributed by atoms with E-state index in [1.165, 1.54) is 17.7 Å². The van der Waals surface area contributed by atoms with Crippen molar-refractivity contribution in [3.63, 3.8) is 0 Å². The third-order valence-electron chi connectivity index (χ3n) is 4.88. The molecule has 0 radical (unpaired) electrons. The highest BCUT2D eigenvalue weighted by molar-refractivity contribution is 9.11. The van der Waals surface area contributed by atoms with Gasteiger partial charge in [-0.25, -0.2) is 4.79 Å². The van der Waals surface area contributed by atoms with E-state index in [2.05, 4.69) is 48.5 Å². The van der Waals surface area contributed by atoms with Crippen LogP contribution in [0.4, 0.5) is 0 Å². The minimum atomic E-state index is -1.27. The van der Waals surface area contributed by atoms with Crippen molar-refractivity contribution < 1.29 is 14.7 Å². The van der Waals surface area contributed by atoms with Gasteiger partial charge in [0.05, 0.1) is 0 Å². The van der Waals surface area contributed by atoms with Crippen LogP contribution in [0, 0.1) is 0 Å². The molecule has 1 aliphatic rings. The van der Waals surface area contributed by atoms with Gasteiger partial charge in [0.2, 0.25) is 0 Å². The van der Waals surface area contributed by atoms with Crippen LogP contribution < -0.4 is 0 Å². The predicted molar refractivity (Wildman–Crippen MR) is 111 cm³/mol. The van der Waals surface area contributed by atoms with Gasteiger partial charge in [-0.05, 0) is 40.5 Å². The van der Waals surface area contributed by atoms with Crippen molar-refractivity contribution in [2.75, 3.05) is 0 Å². The largest absolute Gasteiger partial charge is 0.478 e. The molecule has 0 spiro atoms. The molecule has 3 rings (SSSR count). The highest BCUT2D eigenvalue weighted by atomic mass is 79.9. The summed E-state index contributed by atoms with van der Waals surface area (Å²) in [5, 5.41) is 9.50. The van der Waals surface area contributed by atoms with Crippen LogP contribution in [0.15, 0.2) is 77.3 Å². The van der Waals surface area contributed by atoms with Gasteiger partial charge < -0.3 is 5.11 Å². The zero-order valence-electron chi connectivity index (χ0n) is 15.1. The maximum absolute atomic E-state index is 12.9. The van der Waals surface area contributed by atoms with Crippen LogP contribution in [0.1, 0.15) is 35.3 Å². The average molecular weight is 423 g/mol. The molecule has 0 heterocycles. The first-order chi connectivity index (χ1) is 12.8. The van der Waals surface area contributed by atoms with Gasteiger partial charge in [-0.15, -0.1) is 0 Å². The number of aliphatic carboxylic acids is 1. The van der Waals surface area contributed by atoms with Gasteiger partial charge in [-0.1, -0.05) is 78.8 Å². The SMILES string of the molecule is C=C/C=C(Br)\C=C(/C(=O)O)C(=O)c1ccc2c(c1)C(C)(C)c1ccccc1-2. The summed E-state index contributed by atoms with van der Waals surface area (Å²) >= 11 is 3.23. The molecule has 1 aliphatic carbocycles. The third kappa shape index (κ3) is 3.33. The molecule has 3 nitrogen and oxygen atoms in total. The summed E-state index contributed by atoms with van der Waals surface area (Å²) in [5.74, 6) is -1.79. The lowest BCUT2D eigenvalue weighted by molar-refractivity contribution is -0.132. The maximum atomic E-state index is 12.9. The number of benzene rings is 2. The Labute approximate surface area is 166 Å². The fraction of sp³-hybridized carbons (Fsp3) is 0.130. The first-order valence-electron chi connectivity index (χ1n) is 8.49. The van der Waals surface area contributed by atoms with E-state index in [-0.39, 0.29) is 11.0 Å². The zero-order chi connectivity index (χ0) is 19.8. The molecule has 2 aromatic carbocycles. The summed E-state index contributed by atoms with van der Waals surface area (Å²) in [7, 11) is 0. The molecular weight excluding hydrogens is 404 g/mol. The molecule has 0 unspecified atom stereocenters. The molecule has 27 heavy (non-hydrogen) atoms. The van der Waals surface area contributed by atoms with Crippen molar-refractivity contribution >= 4 is 27.7 Å². The number of carboxylic acids is 1. The maximum Gasteiger partial charge on any atom is 0.339 e. The molecule has 0 saturated heterocycles. The standard InChI is InChI=1S/C23H19BrO3/c1-4-7-15(24)13-18(22(26)27)21(25)14-10-11-17-16-8-5-6-9-19(16)23(2,3)20(17)12-14/h4-13H,1H2,2-3H3,(H,26,27)/b15-7+,18-13-. The summed E-state index contributed by atoms with van der Waals surface area (Å²) in [4.78, 5) is 24.5. The Morgan fingerprint density at radius 3 is 2.41 bits per heavy atom. The zero-order valence-corrected chi connectivity index (χ0v) is 16.7. The number of allylic oxidation sites excluding steroid dienone is 4. The first-order valence-corrected chi connectivity index (χ1v) is 9.29. The molecule has 0 fully saturated rings. The minimum absolute atomic E-state index is 0.251. The van der Waals surface area contributed by atoms with Gasteiger partial charge in [-0.3, -0.25) is 4.79 Å². The summed E-state index contributed by atoms with van der Waals surface area (Å²) in [6.07, 6.45) is 4.40. The molecule has 0 amide bonds. The summed E-state index contributed by atoms with van der Waals surface area (Å²) in [5.41, 5.74) is 4.28. The molecular formula is C23H19BrO3. The normalized spacial score (nSPS) is 15.1. The van der Waals surface area contributed by atoms with E-state index in [0.717, 1.165) is 16.7 Å². The Hall–Kier alpha value is -2.72. The van der Waals surface area contributed by atoms with Crippen molar-refractivity contribution in [1.82, 2.24) is 0 Å². The molecule has 0 aromatic heterocycles. The van der Waals surface area contributed by atoms with Crippen LogP contribution in [0.5, 0.6) is 0 Å². The van der Waals surface area contributed by atoms with Crippen molar-refractivity contribution in [1.29, 1.82) is 0 Å². The number of hydrogen-bond acceptors (Lipinski definition) is 2. The van der Waals surface area contributed by atoms with Crippen LogP contribution in [0.25, 0.3) is 11.1 Å². The van der Waals surface area contributed by atoms with E-state index in [1.54, 1.807) is 12.1 Å². The number of hydrogen-bond donors (Lipinski definition) is 1. The minimum Gasteiger partial charge on any atom is -0.478 e. The summed E-state index contributed by atoms with van der Waals surface area (Å²) in [6.45, 7) is 7.79. The molecule has 0 aliphatic heterocycles. The van der Waals surface area contributed by atoms with Crippen molar-refractivity contribution in [2.24, 2.45) is 0 Å². The Kier molecular flexibility index (Phi) is 5.03. The second-order valence-electron chi connectivity index (χ2n) is 6.91. The van der Waals surface area contributed by atoms with Crippen LogP contribution >= 0.6 is 15.9 Å². The van der Waals surface area contributed by atoms with E-state index in [1.807, 2.05) is 24.3 Å². The number of halogens is 1. The van der Waals surface area contributed by atoms with Crippen LogP contribution in [0.2, 0.25) is 0 Å². The Bertz CT molecular complexity index is 1030. The van der Waals surface area contributed by atoms with Gasteiger partial charge >= 0.3 is 5.97 Å². The molecule has 0 atom stereocenters. The molecule has 4 heteroatoms. The molecule has 136 valence electrons. The monoisotopic (exact) mass is 422 g/mol.